The summed E-state index contributed by atoms with van der Waals surface area (Å²) in [5.41, 5.74) is 6.89. The lowest BCUT2D eigenvalue weighted by atomic mass is 10.1. The van der Waals surface area contributed by atoms with Gasteiger partial charge in [0.2, 0.25) is 0 Å². The van der Waals surface area contributed by atoms with Crippen molar-refractivity contribution >= 4 is 25.8 Å². The molecule has 0 unspecified atom stereocenters. The second kappa shape index (κ2) is 5.70. The van der Waals surface area contributed by atoms with Crippen LogP contribution < -0.4 is 5.73 Å². The number of aryl methyl sites for hydroxylation is 1. The lowest BCUT2D eigenvalue weighted by molar-refractivity contribution is 0.253. The topological polar surface area (TPSA) is 80.4 Å². The van der Waals surface area contributed by atoms with E-state index in [1.165, 1.54) is 0 Å². The summed E-state index contributed by atoms with van der Waals surface area (Å²) < 4.78 is 26.8. The molecule has 1 fully saturated rings. The summed E-state index contributed by atoms with van der Waals surface area (Å²) in [5.74, 6) is -0.410. The van der Waals surface area contributed by atoms with Gasteiger partial charge < -0.3 is 10.8 Å². The van der Waals surface area contributed by atoms with Crippen LogP contribution in [0.1, 0.15) is 17.0 Å². The SMILES string of the molecule is Cc1ccc(S(=O)(=O)[C@@H]2[C@@H](c3ccc(Br)cc3)[C@@]2(N)CO)cc1. The first-order valence-electron chi connectivity index (χ1n) is 7.26. The van der Waals surface area contributed by atoms with E-state index in [1.54, 1.807) is 24.3 Å². The van der Waals surface area contributed by atoms with Gasteiger partial charge in [-0.2, -0.15) is 0 Å². The van der Waals surface area contributed by atoms with Crippen LogP contribution in [0.2, 0.25) is 0 Å². The largest absolute Gasteiger partial charge is 0.394 e. The zero-order valence-electron chi connectivity index (χ0n) is 12.6. The summed E-state index contributed by atoms with van der Waals surface area (Å²) in [5, 5.41) is 8.86. The smallest absolute Gasteiger partial charge is 0.183 e. The molecule has 0 amide bonds. The first-order chi connectivity index (χ1) is 10.8. The van der Waals surface area contributed by atoms with E-state index in [0.717, 1.165) is 15.6 Å². The van der Waals surface area contributed by atoms with Gasteiger partial charge in [-0.3, -0.25) is 0 Å². The van der Waals surface area contributed by atoms with Crippen molar-refractivity contribution < 1.29 is 13.5 Å². The molecule has 23 heavy (non-hydrogen) atoms. The number of benzene rings is 2. The van der Waals surface area contributed by atoms with Gasteiger partial charge in [-0.1, -0.05) is 45.8 Å². The van der Waals surface area contributed by atoms with Crippen molar-refractivity contribution in [3.63, 3.8) is 0 Å². The Kier molecular flexibility index (Phi) is 4.13. The minimum Gasteiger partial charge on any atom is -0.394 e. The van der Waals surface area contributed by atoms with Crippen LogP contribution in [-0.2, 0) is 9.84 Å². The Bertz CT molecular complexity index is 818. The third-order valence-electron chi connectivity index (χ3n) is 4.49. The molecule has 1 aliphatic rings. The van der Waals surface area contributed by atoms with Crippen LogP contribution in [0.3, 0.4) is 0 Å². The maximum absolute atomic E-state index is 12.9. The van der Waals surface area contributed by atoms with Gasteiger partial charge in [-0.25, -0.2) is 8.42 Å². The van der Waals surface area contributed by atoms with E-state index in [9.17, 15) is 13.5 Å². The van der Waals surface area contributed by atoms with E-state index in [-0.39, 0.29) is 11.5 Å². The van der Waals surface area contributed by atoms with Crippen molar-refractivity contribution in [2.75, 3.05) is 6.61 Å². The Labute approximate surface area is 144 Å². The predicted octanol–water partition coefficient (Wildman–Crippen LogP) is 2.39. The van der Waals surface area contributed by atoms with Crippen molar-refractivity contribution in [3.05, 3.63) is 64.1 Å². The highest BCUT2D eigenvalue weighted by molar-refractivity contribution is 9.10. The van der Waals surface area contributed by atoms with E-state index < -0.39 is 26.5 Å². The van der Waals surface area contributed by atoms with Gasteiger partial charge in [-0.05, 0) is 36.8 Å². The fraction of sp³-hybridized carbons (Fsp3) is 0.294. The molecule has 0 heterocycles. The molecule has 6 heteroatoms. The van der Waals surface area contributed by atoms with E-state index in [4.69, 9.17) is 5.73 Å². The molecule has 1 aliphatic carbocycles. The van der Waals surface area contributed by atoms with Crippen molar-refractivity contribution in [3.8, 4) is 0 Å². The van der Waals surface area contributed by atoms with E-state index >= 15 is 0 Å². The molecule has 4 nitrogen and oxygen atoms in total. The molecule has 3 atom stereocenters. The molecule has 0 saturated heterocycles. The second-order valence-electron chi connectivity index (χ2n) is 6.08. The summed E-state index contributed by atoms with van der Waals surface area (Å²) in [7, 11) is -3.61. The van der Waals surface area contributed by atoms with Gasteiger partial charge in [0.25, 0.3) is 0 Å². The standard InChI is InChI=1S/C17H18BrNO3S/c1-11-2-8-14(9-3-11)23(21,22)16-15(17(16,19)10-20)12-4-6-13(18)7-5-12/h2-9,15-16,20H,10,19H2,1H3/t15-,16-,17+/m1/s1. The van der Waals surface area contributed by atoms with Crippen LogP contribution in [0, 0.1) is 6.92 Å². The van der Waals surface area contributed by atoms with Gasteiger partial charge in [0.15, 0.2) is 9.84 Å². The highest BCUT2D eigenvalue weighted by atomic mass is 79.9. The van der Waals surface area contributed by atoms with Crippen LogP contribution in [0.25, 0.3) is 0 Å². The van der Waals surface area contributed by atoms with E-state index in [1.807, 2.05) is 31.2 Å². The molecule has 0 radical (unpaired) electrons. The maximum Gasteiger partial charge on any atom is 0.183 e. The highest BCUT2D eigenvalue weighted by Crippen LogP contribution is 2.55. The number of halogens is 1. The number of hydrogen-bond acceptors (Lipinski definition) is 4. The van der Waals surface area contributed by atoms with Gasteiger partial charge in [0.05, 0.1) is 22.3 Å². The molecule has 2 aromatic carbocycles. The molecular formula is C17H18BrNO3S. The Hall–Kier alpha value is -1.21. The first kappa shape index (κ1) is 16.6. The van der Waals surface area contributed by atoms with Crippen molar-refractivity contribution in [2.24, 2.45) is 5.73 Å². The second-order valence-corrected chi connectivity index (χ2v) is 9.06. The highest BCUT2D eigenvalue weighted by Gasteiger charge is 2.69. The third-order valence-corrected chi connectivity index (χ3v) is 7.33. The average Bonchev–Trinajstić information content (AvgIpc) is 3.16. The number of rotatable bonds is 4. The zero-order valence-corrected chi connectivity index (χ0v) is 15.0. The molecular weight excluding hydrogens is 378 g/mol. The molecule has 0 aliphatic heterocycles. The Morgan fingerprint density at radius 3 is 2.22 bits per heavy atom. The average molecular weight is 396 g/mol. The Morgan fingerprint density at radius 1 is 1.13 bits per heavy atom. The van der Waals surface area contributed by atoms with Crippen LogP contribution >= 0.6 is 15.9 Å². The normalized spacial score (nSPS) is 27.0. The van der Waals surface area contributed by atoms with Gasteiger partial charge in [-0.15, -0.1) is 0 Å². The zero-order chi connectivity index (χ0) is 16.8. The van der Waals surface area contributed by atoms with Crippen molar-refractivity contribution in [1.82, 2.24) is 0 Å². The van der Waals surface area contributed by atoms with Crippen molar-refractivity contribution in [1.29, 1.82) is 0 Å². The number of hydrogen-bond donors (Lipinski definition) is 2. The fourth-order valence-corrected chi connectivity index (χ4v) is 5.67. The minimum absolute atomic E-state index is 0.246. The predicted molar refractivity (Wildman–Crippen MR) is 93.0 cm³/mol. The minimum atomic E-state index is -3.61. The first-order valence-corrected chi connectivity index (χ1v) is 9.60. The van der Waals surface area contributed by atoms with Crippen LogP contribution in [-0.4, -0.2) is 30.9 Å². The number of aliphatic hydroxyl groups excluding tert-OH is 1. The van der Waals surface area contributed by atoms with Crippen LogP contribution in [0.5, 0.6) is 0 Å². The number of aliphatic hydroxyl groups is 1. The van der Waals surface area contributed by atoms with E-state index in [2.05, 4.69) is 15.9 Å². The lowest BCUT2D eigenvalue weighted by Gasteiger charge is -2.08. The van der Waals surface area contributed by atoms with Crippen molar-refractivity contribution in [2.45, 2.75) is 28.5 Å². The van der Waals surface area contributed by atoms with Gasteiger partial charge >= 0.3 is 0 Å². The molecule has 0 aromatic heterocycles. The Morgan fingerprint density at radius 2 is 1.70 bits per heavy atom. The number of nitrogens with two attached hydrogens (primary N) is 1. The maximum atomic E-state index is 12.9. The molecule has 122 valence electrons. The molecule has 2 aromatic rings. The summed E-state index contributed by atoms with van der Waals surface area (Å²) in [6.07, 6.45) is 0. The fourth-order valence-electron chi connectivity index (χ4n) is 3.11. The third kappa shape index (κ3) is 2.74. The summed E-state index contributed by atoms with van der Waals surface area (Å²) in [4.78, 5) is 0.246. The van der Waals surface area contributed by atoms with Gasteiger partial charge in [0.1, 0.15) is 0 Å². The van der Waals surface area contributed by atoms with Crippen LogP contribution in [0.15, 0.2) is 57.9 Å². The summed E-state index contributed by atoms with van der Waals surface area (Å²) in [6.45, 7) is 1.53. The Balaban J connectivity index is 2.01. The molecule has 0 spiro atoms. The molecule has 0 bridgehead atoms. The summed E-state index contributed by atoms with van der Waals surface area (Å²) >= 11 is 3.36. The summed E-state index contributed by atoms with van der Waals surface area (Å²) in [6, 6.07) is 14.1. The molecule has 1 saturated carbocycles. The van der Waals surface area contributed by atoms with Crippen LogP contribution in [0.4, 0.5) is 0 Å². The molecule has 3 N–H and O–H groups in total. The van der Waals surface area contributed by atoms with E-state index in [0.29, 0.717) is 0 Å². The molecule has 3 rings (SSSR count). The quantitative estimate of drug-likeness (QED) is 0.832. The van der Waals surface area contributed by atoms with Gasteiger partial charge in [0, 0.05) is 10.4 Å². The monoisotopic (exact) mass is 395 g/mol. The number of sulfone groups is 1. The lowest BCUT2D eigenvalue weighted by Crippen LogP contribution is -2.35.